The fourth-order valence-electron chi connectivity index (χ4n) is 1.83. The number of rotatable bonds is 5. The summed E-state index contributed by atoms with van der Waals surface area (Å²) in [6.45, 7) is 1.88. The Hall–Kier alpha value is -1.55. The molecule has 2 rings (SSSR count). The van der Waals surface area contributed by atoms with Crippen molar-refractivity contribution in [3.05, 3.63) is 29.3 Å². The molecule has 5 heteroatoms. The molecule has 1 aromatic carbocycles. The van der Waals surface area contributed by atoms with Gasteiger partial charge in [-0.15, -0.1) is 0 Å². The standard InChI is InChI=1S/C14H17ClN2O2/c1-10(18)17(13-6-2-11(15)3-7-13)9-8-14(19)16-12-4-5-12/h2-3,6-7,12H,4-5,8-9H2,1H3,(H,16,19). The van der Waals surface area contributed by atoms with Crippen molar-refractivity contribution in [3.8, 4) is 0 Å². The molecule has 102 valence electrons. The van der Waals surface area contributed by atoms with Gasteiger partial charge in [-0.05, 0) is 37.1 Å². The fourth-order valence-corrected chi connectivity index (χ4v) is 1.96. The summed E-state index contributed by atoms with van der Waals surface area (Å²) in [6.07, 6.45) is 2.46. The lowest BCUT2D eigenvalue weighted by Crippen LogP contribution is -2.34. The molecule has 0 radical (unpaired) electrons. The number of nitrogens with one attached hydrogen (secondary N) is 1. The van der Waals surface area contributed by atoms with Crippen LogP contribution in [-0.4, -0.2) is 24.4 Å². The lowest BCUT2D eigenvalue weighted by molar-refractivity contribution is -0.121. The molecule has 0 unspecified atom stereocenters. The van der Waals surface area contributed by atoms with Gasteiger partial charge in [-0.2, -0.15) is 0 Å². The number of carbonyl (C=O) groups excluding carboxylic acids is 2. The lowest BCUT2D eigenvalue weighted by atomic mass is 10.2. The van der Waals surface area contributed by atoms with Crippen molar-refractivity contribution in [1.29, 1.82) is 0 Å². The van der Waals surface area contributed by atoms with Gasteiger partial charge in [-0.1, -0.05) is 11.6 Å². The van der Waals surface area contributed by atoms with E-state index in [0.717, 1.165) is 18.5 Å². The first-order chi connectivity index (χ1) is 9.06. The van der Waals surface area contributed by atoms with E-state index in [2.05, 4.69) is 5.32 Å². The monoisotopic (exact) mass is 280 g/mol. The third-order valence-corrected chi connectivity index (χ3v) is 3.28. The van der Waals surface area contributed by atoms with E-state index in [9.17, 15) is 9.59 Å². The van der Waals surface area contributed by atoms with Crippen LogP contribution in [0.5, 0.6) is 0 Å². The maximum atomic E-state index is 11.6. The predicted octanol–water partition coefficient (Wildman–Crippen LogP) is 2.36. The van der Waals surface area contributed by atoms with Gasteiger partial charge in [-0.25, -0.2) is 0 Å². The quantitative estimate of drug-likeness (QED) is 0.900. The molecule has 0 aromatic heterocycles. The zero-order valence-corrected chi connectivity index (χ0v) is 11.6. The van der Waals surface area contributed by atoms with Gasteiger partial charge in [0.1, 0.15) is 0 Å². The summed E-state index contributed by atoms with van der Waals surface area (Å²) >= 11 is 5.82. The SMILES string of the molecule is CC(=O)N(CCC(=O)NC1CC1)c1ccc(Cl)cc1. The minimum atomic E-state index is -0.0819. The highest BCUT2D eigenvalue weighted by atomic mass is 35.5. The van der Waals surface area contributed by atoms with Crippen molar-refractivity contribution in [2.24, 2.45) is 0 Å². The van der Waals surface area contributed by atoms with Crippen LogP contribution in [0.2, 0.25) is 5.02 Å². The van der Waals surface area contributed by atoms with Crippen LogP contribution in [0.1, 0.15) is 26.2 Å². The number of hydrogen-bond acceptors (Lipinski definition) is 2. The number of carbonyl (C=O) groups is 2. The number of nitrogens with zero attached hydrogens (tertiary/aromatic N) is 1. The molecule has 0 aliphatic heterocycles. The molecule has 4 nitrogen and oxygen atoms in total. The normalized spacial score (nSPS) is 14.0. The molecule has 0 atom stereocenters. The number of halogens is 1. The molecular formula is C14H17ClN2O2. The van der Waals surface area contributed by atoms with Crippen molar-refractivity contribution in [1.82, 2.24) is 5.32 Å². The van der Waals surface area contributed by atoms with Gasteiger partial charge in [0.15, 0.2) is 0 Å². The molecule has 0 bridgehead atoms. The Morgan fingerprint density at radius 2 is 1.95 bits per heavy atom. The van der Waals surface area contributed by atoms with Gasteiger partial charge in [-0.3, -0.25) is 9.59 Å². The Morgan fingerprint density at radius 1 is 1.32 bits per heavy atom. The average molecular weight is 281 g/mol. The van der Waals surface area contributed by atoms with Gasteiger partial charge in [0.2, 0.25) is 11.8 Å². The van der Waals surface area contributed by atoms with E-state index in [1.54, 1.807) is 29.2 Å². The van der Waals surface area contributed by atoms with Gasteiger partial charge in [0, 0.05) is 36.6 Å². The van der Waals surface area contributed by atoms with Crippen molar-refractivity contribution in [2.75, 3.05) is 11.4 Å². The van der Waals surface area contributed by atoms with Crippen molar-refractivity contribution in [2.45, 2.75) is 32.2 Å². The van der Waals surface area contributed by atoms with Crippen LogP contribution in [0.4, 0.5) is 5.69 Å². The summed E-state index contributed by atoms with van der Waals surface area (Å²) in [5.74, 6) is -0.0794. The minimum absolute atomic E-state index is 0.00251. The highest BCUT2D eigenvalue weighted by Gasteiger charge is 2.23. The fraction of sp³-hybridized carbons (Fsp3) is 0.429. The zero-order chi connectivity index (χ0) is 13.8. The number of amides is 2. The summed E-state index contributed by atoms with van der Waals surface area (Å²) in [7, 11) is 0. The first kappa shape index (κ1) is 13.9. The molecule has 1 N–H and O–H groups in total. The van der Waals surface area contributed by atoms with E-state index >= 15 is 0 Å². The van der Waals surface area contributed by atoms with Crippen LogP contribution >= 0.6 is 11.6 Å². The summed E-state index contributed by atoms with van der Waals surface area (Å²) in [5, 5.41) is 3.53. The third-order valence-electron chi connectivity index (χ3n) is 3.02. The molecule has 1 aromatic rings. The molecule has 0 spiro atoms. The van der Waals surface area contributed by atoms with E-state index in [1.165, 1.54) is 6.92 Å². The average Bonchev–Trinajstić information content (AvgIpc) is 3.15. The van der Waals surface area contributed by atoms with Crippen LogP contribution in [0.25, 0.3) is 0 Å². The lowest BCUT2D eigenvalue weighted by Gasteiger charge is -2.21. The predicted molar refractivity (Wildman–Crippen MR) is 75.3 cm³/mol. The van der Waals surface area contributed by atoms with Crippen LogP contribution < -0.4 is 10.2 Å². The molecule has 1 saturated carbocycles. The Balaban J connectivity index is 1.93. The maximum absolute atomic E-state index is 11.6. The molecule has 1 aliphatic carbocycles. The van der Waals surface area contributed by atoms with Gasteiger partial charge < -0.3 is 10.2 Å². The molecule has 0 heterocycles. The zero-order valence-electron chi connectivity index (χ0n) is 10.9. The topological polar surface area (TPSA) is 49.4 Å². The molecule has 1 aliphatic rings. The Labute approximate surface area is 117 Å². The second kappa shape index (κ2) is 6.06. The molecule has 1 fully saturated rings. The second-order valence-corrected chi connectivity index (χ2v) is 5.18. The highest BCUT2D eigenvalue weighted by molar-refractivity contribution is 6.30. The summed E-state index contributed by atoms with van der Waals surface area (Å²) in [6, 6.07) is 7.38. The smallest absolute Gasteiger partial charge is 0.223 e. The van der Waals surface area contributed by atoms with E-state index in [-0.39, 0.29) is 11.8 Å². The Bertz CT molecular complexity index is 469. The largest absolute Gasteiger partial charge is 0.353 e. The maximum Gasteiger partial charge on any atom is 0.223 e. The van der Waals surface area contributed by atoms with Crippen molar-refractivity contribution in [3.63, 3.8) is 0 Å². The second-order valence-electron chi connectivity index (χ2n) is 4.74. The van der Waals surface area contributed by atoms with E-state index in [0.29, 0.717) is 24.0 Å². The molecule has 2 amide bonds. The first-order valence-corrected chi connectivity index (χ1v) is 6.77. The van der Waals surface area contributed by atoms with Gasteiger partial charge >= 0.3 is 0 Å². The van der Waals surface area contributed by atoms with Crippen LogP contribution in [-0.2, 0) is 9.59 Å². The third kappa shape index (κ3) is 4.24. The van der Waals surface area contributed by atoms with E-state index < -0.39 is 0 Å². The van der Waals surface area contributed by atoms with Gasteiger partial charge in [0.05, 0.1) is 0 Å². The van der Waals surface area contributed by atoms with Crippen LogP contribution in [0, 0.1) is 0 Å². The minimum Gasteiger partial charge on any atom is -0.353 e. The van der Waals surface area contributed by atoms with E-state index in [4.69, 9.17) is 11.6 Å². The first-order valence-electron chi connectivity index (χ1n) is 6.39. The Morgan fingerprint density at radius 3 is 2.47 bits per heavy atom. The molecule has 19 heavy (non-hydrogen) atoms. The van der Waals surface area contributed by atoms with Crippen molar-refractivity contribution >= 4 is 29.1 Å². The number of anilines is 1. The van der Waals surface area contributed by atoms with Gasteiger partial charge in [0.25, 0.3) is 0 Å². The highest BCUT2D eigenvalue weighted by Crippen LogP contribution is 2.20. The Kier molecular flexibility index (Phi) is 4.43. The summed E-state index contributed by atoms with van der Waals surface area (Å²) in [4.78, 5) is 24.9. The van der Waals surface area contributed by atoms with Crippen LogP contribution in [0.15, 0.2) is 24.3 Å². The molecule has 0 saturated heterocycles. The van der Waals surface area contributed by atoms with E-state index in [1.807, 2.05) is 0 Å². The summed E-state index contributed by atoms with van der Waals surface area (Å²) < 4.78 is 0. The molecular weight excluding hydrogens is 264 g/mol. The van der Waals surface area contributed by atoms with Crippen LogP contribution in [0.3, 0.4) is 0 Å². The number of hydrogen-bond donors (Lipinski definition) is 1. The summed E-state index contributed by atoms with van der Waals surface area (Å²) in [5.41, 5.74) is 0.760. The van der Waals surface area contributed by atoms with Crippen molar-refractivity contribution < 1.29 is 9.59 Å². The number of benzene rings is 1.